The van der Waals surface area contributed by atoms with E-state index in [4.69, 9.17) is 16.6 Å². The van der Waals surface area contributed by atoms with Crippen molar-refractivity contribution in [2.24, 2.45) is 0 Å². The SMILES string of the molecule is [3H]c1cn(C2OC(COC(C)=O)C(O)[C@]2(C)F)c2ncnc(N)c12. The molecule has 1 aliphatic rings. The van der Waals surface area contributed by atoms with E-state index in [-0.39, 0.29) is 29.5 Å². The Morgan fingerprint density at radius 1 is 1.70 bits per heavy atom. The Labute approximate surface area is 132 Å². The molecule has 3 rings (SSSR count). The molecule has 3 unspecified atom stereocenters. The number of hydrogen-bond donors (Lipinski definition) is 2. The Bertz CT molecular complexity index is 796. The summed E-state index contributed by atoms with van der Waals surface area (Å²) in [5.41, 5.74) is 3.78. The van der Waals surface area contributed by atoms with Crippen LogP contribution in [0.2, 0.25) is 0 Å². The molecule has 0 radical (unpaired) electrons. The zero-order chi connectivity index (χ0) is 17.6. The van der Waals surface area contributed by atoms with E-state index in [0.29, 0.717) is 0 Å². The van der Waals surface area contributed by atoms with E-state index in [2.05, 4.69) is 9.97 Å². The van der Waals surface area contributed by atoms with Crippen LogP contribution in [0.1, 0.15) is 21.4 Å². The van der Waals surface area contributed by atoms with Gasteiger partial charge in [0.2, 0.25) is 0 Å². The van der Waals surface area contributed by atoms with Gasteiger partial charge in [-0.2, -0.15) is 0 Å². The Morgan fingerprint density at radius 3 is 3.13 bits per heavy atom. The van der Waals surface area contributed by atoms with Crippen LogP contribution in [0.4, 0.5) is 10.2 Å². The van der Waals surface area contributed by atoms with E-state index in [1.807, 2.05) is 0 Å². The van der Waals surface area contributed by atoms with Gasteiger partial charge in [-0.15, -0.1) is 0 Å². The van der Waals surface area contributed by atoms with E-state index in [1.54, 1.807) is 0 Å². The average Bonchev–Trinajstić information content (AvgIpc) is 2.94. The molecule has 8 nitrogen and oxygen atoms in total. The number of nitrogens with two attached hydrogens (primary N) is 1. The van der Waals surface area contributed by atoms with Gasteiger partial charge in [-0.25, -0.2) is 14.4 Å². The number of ether oxygens (including phenoxy) is 2. The molecule has 1 saturated heterocycles. The summed E-state index contributed by atoms with van der Waals surface area (Å²) in [5, 5.41) is 10.5. The highest BCUT2D eigenvalue weighted by Crippen LogP contribution is 2.42. The third-order valence-electron chi connectivity index (χ3n) is 3.87. The van der Waals surface area contributed by atoms with Gasteiger partial charge in [0.05, 0.1) is 6.76 Å². The lowest BCUT2D eigenvalue weighted by Crippen LogP contribution is -2.40. The molecule has 1 aliphatic heterocycles. The van der Waals surface area contributed by atoms with Crippen LogP contribution in [-0.2, 0) is 14.3 Å². The standard InChI is InChI=1S/C14H17FN4O4/c1-7(20)22-5-9-10(21)14(2,15)13(23-9)19-4-3-8-11(16)17-6-18-12(8)19/h3-4,6,9-10,13,21H,5H2,1-2H3,(H2,16,17,18)/t9?,10?,13?,14-/m0/s1/i3T. The van der Waals surface area contributed by atoms with Gasteiger partial charge in [-0.3, -0.25) is 4.79 Å². The maximum absolute atomic E-state index is 15.1. The molecule has 0 amide bonds. The molecule has 124 valence electrons. The van der Waals surface area contributed by atoms with E-state index in [9.17, 15) is 9.90 Å². The number of aliphatic hydroxyl groups excluding tert-OH is 1. The number of alkyl halides is 1. The first-order chi connectivity index (χ1) is 11.2. The Kier molecular flexibility index (Phi) is 3.38. The Hall–Kier alpha value is -2.26. The summed E-state index contributed by atoms with van der Waals surface area (Å²) in [4.78, 5) is 18.8. The minimum Gasteiger partial charge on any atom is -0.463 e. The quantitative estimate of drug-likeness (QED) is 0.793. The third-order valence-corrected chi connectivity index (χ3v) is 3.87. The number of nitrogens with zero attached hydrogens (tertiary/aromatic N) is 3. The molecule has 2 aromatic rings. The number of aromatic nitrogens is 3. The lowest BCUT2D eigenvalue weighted by atomic mass is 9.98. The van der Waals surface area contributed by atoms with Crippen LogP contribution in [-0.4, -0.2) is 50.1 Å². The molecule has 9 heteroatoms. The number of rotatable bonds is 3. The van der Waals surface area contributed by atoms with Crippen molar-refractivity contribution in [3.05, 3.63) is 18.6 Å². The second-order valence-corrected chi connectivity index (χ2v) is 5.56. The van der Waals surface area contributed by atoms with Crippen molar-refractivity contribution in [1.29, 1.82) is 0 Å². The fourth-order valence-corrected chi connectivity index (χ4v) is 2.65. The highest BCUT2D eigenvalue weighted by Gasteiger charge is 2.55. The van der Waals surface area contributed by atoms with Crippen molar-refractivity contribution in [3.8, 4) is 0 Å². The van der Waals surface area contributed by atoms with Crippen LogP contribution < -0.4 is 5.73 Å². The predicted molar refractivity (Wildman–Crippen MR) is 78.0 cm³/mol. The third kappa shape index (κ3) is 2.51. The minimum absolute atomic E-state index is 0.0143. The number of esters is 1. The van der Waals surface area contributed by atoms with Crippen LogP contribution in [0.3, 0.4) is 0 Å². The number of hydrogen-bond acceptors (Lipinski definition) is 7. The van der Waals surface area contributed by atoms with E-state index >= 15 is 4.39 Å². The van der Waals surface area contributed by atoms with Crippen LogP contribution >= 0.6 is 0 Å². The smallest absolute Gasteiger partial charge is 0.302 e. The normalized spacial score (nSPS) is 31.3. The number of nitrogen functional groups attached to an aromatic ring is 1. The Balaban J connectivity index is 2.00. The van der Waals surface area contributed by atoms with Crippen LogP contribution in [0.15, 0.2) is 18.6 Å². The fourth-order valence-electron chi connectivity index (χ4n) is 2.65. The average molecular weight is 326 g/mol. The van der Waals surface area contributed by atoms with Gasteiger partial charge in [0.1, 0.15) is 36.6 Å². The van der Waals surface area contributed by atoms with E-state index in [1.165, 1.54) is 30.9 Å². The summed E-state index contributed by atoms with van der Waals surface area (Å²) in [5.74, 6) is -0.463. The highest BCUT2D eigenvalue weighted by molar-refractivity contribution is 5.86. The van der Waals surface area contributed by atoms with E-state index in [0.717, 1.165) is 0 Å². The Morgan fingerprint density at radius 2 is 2.43 bits per heavy atom. The molecule has 4 atom stereocenters. The van der Waals surface area contributed by atoms with Crippen molar-refractivity contribution in [1.82, 2.24) is 14.5 Å². The lowest BCUT2D eigenvalue weighted by molar-refractivity contribution is -0.147. The zero-order valence-corrected chi connectivity index (χ0v) is 12.6. The topological polar surface area (TPSA) is 112 Å². The molecular weight excluding hydrogens is 307 g/mol. The highest BCUT2D eigenvalue weighted by atomic mass is 19.1. The first-order valence-corrected chi connectivity index (χ1v) is 6.97. The second kappa shape index (κ2) is 5.43. The molecule has 0 saturated carbocycles. The van der Waals surface area contributed by atoms with Crippen LogP contribution in [0, 0.1) is 0 Å². The monoisotopic (exact) mass is 326 g/mol. The minimum atomic E-state index is -2.19. The predicted octanol–water partition coefficient (Wildman–Crippen LogP) is 0.563. The summed E-state index contributed by atoms with van der Waals surface area (Å²) in [6.07, 6.45) is -1.30. The molecule has 0 aromatic carbocycles. The maximum Gasteiger partial charge on any atom is 0.302 e. The molecule has 3 heterocycles. The first-order valence-electron chi connectivity index (χ1n) is 7.47. The second-order valence-electron chi connectivity index (χ2n) is 5.56. The van der Waals surface area contributed by atoms with Gasteiger partial charge in [0, 0.05) is 13.1 Å². The van der Waals surface area contributed by atoms with Crippen molar-refractivity contribution >= 4 is 22.8 Å². The van der Waals surface area contributed by atoms with Gasteiger partial charge < -0.3 is 24.9 Å². The van der Waals surface area contributed by atoms with E-state index < -0.39 is 30.1 Å². The number of fused-ring (bicyclic) bond motifs is 1. The molecule has 0 spiro atoms. The first kappa shape index (κ1) is 14.3. The molecule has 1 fully saturated rings. The van der Waals surface area contributed by atoms with Crippen molar-refractivity contribution in [3.63, 3.8) is 0 Å². The number of anilines is 1. The zero-order valence-electron chi connectivity index (χ0n) is 13.6. The number of carbonyl (C=O) groups excluding carboxylic acids is 1. The summed E-state index contributed by atoms with van der Waals surface area (Å²) in [7, 11) is 0. The summed E-state index contributed by atoms with van der Waals surface area (Å²) >= 11 is 0. The molecule has 23 heavy (non-hydrogen) atoms. The lowest BCUT2D eigenvalue weighted by Gasteiger charge is -2.25. The van der Waals surface area contributed by atoms with Gasteiger partial charge in [0.25, 0.3) is 0 Å². The van der Waals surface area contributed by atoms with Gasteiger partial charge >= 0.3 is 5.97 Å². The molecular formula is C14H17FN4O4. The van der Waals surface area contributed by atoms with Crippen molar-refractivity contribution < 1.29 is 25.1 Å². The molecule has 0 bridgehead atoms. The molecule has 3 N–H and O–H groups in total. The van der Waals surface area contributed by atoms with Gasteiger partial charge in [-0.1, -0.05) is 0 Å². The molecule has 0 aliphatic carbocycles. The van der Waals surface area contributed by atoms with Gasteiger partial charge in [-0.05, 0) is 13.0 Å². The van der Waals surface area contributed by atoms with Crippen LogP contribution in [0.25, 0.3) is 11.0 Å². The summed E-state index contributed by atoms with van der Waals surface area (Å²) < 4.78 is 34.7. The van der Waals surface area contributed by atoms with Crippen molar-refractivity contribution in [2.45, 2.75) is 38.0 Å². The van der Waals surface area contributed by atoms with Crippen LogP contribution in [0.5, 0.6) is 0 Å². The van der Waals surface area contributed by atoms with Gasteiger partial charge in [0.15, 0.2) is 11.9 Å². The summed E-state index contributed by atoms with van der Waals surface area (Å²) in [6, 6.07) is 0.0143. The maximum atomic E-state index is 15.1. The summed E-state index contributed by atoms with van der Waals surface area (Å²) in [6.45, 7) is 2.10. The largest absolute Gasteiger partial charge is 0.463 e. The fraction of sp³-hybridized carbons (Fsp3) is 0.500. The van der Waals surface area contributed by atoms with Crippen molar-refractivity contribution in [2.75, 3.05) is 12.3 Å². The molecule has 2 aromatic heterocycles. The number of halogens is 1. The number of aliphatic hydroxyl groups is 1. The number of carbonyl (C=O) groups is 1.